The minimum absolute atomic E-state index is 0.284. The summed E-state index contributed by atoms with van der Waals surface area (Å²) < 4.78 is 27.1. The highest BCUT2D eigenvalue weighted by atomic mass is 32.2. The molecule has 3 heterocycles. The quantitative estimate of drug-likeness (QED) is 0.797. The Morgan fingerprint density at radius 2 is 2.24 bits per heavy atom. The van der Waals surface area contributed by atoms with Crippen molar-refractivity contribution in [2.24, 2.45) is 0 Å². The lowest BCUT2D eigenvalue weighted by Crippen LogP contribution is -2.42. The molecular formula is C14H19N5O3S3. The van der Waals surface area contributed by atoms with Crippen LogP contribution < -0.4 is 10.6 Å². The Hall–Kier alpha value is -1.53. The van der Waals surface area contributed by atoms with E-state index in [1.54, 1.807) is 11.3 Å². The van der Waals surface area contributed by atoms with Gasteiger partial charge in [0.25, 0.3) is 10.2 Å². The Bertz CT molecular complexity index is 845. The van der Waals surface area contributed by atoms with Crippen LogP contribution in [0.1, 0.15) is 15.4 Å². The fourth-order valence-corrected chi connectivity index (χ4v) is 5.20. The van der Waals surface area contributed by atoms with Gasteiger partial charge >= 0.3 is 6.03 Å². The number of hydrogen-bond donors (Lipinski definition) is 2. The van der Waals surface area contributed by atoms with Gasteiger partial charge in [0.1, 0.15) is 0 Å². The van der Waals surface area contributed by atoms with Crippen LogP contribution in [0.15, 0.2) is 17.5 Å². The first-order chi connectivity index (χ1) is 11.9. The Kier molecular flexibility index (Phi) is 5.39. The van der Waals surface area contributed by atoms with Crippen molar-refractivity contribution >= 4 is 44.0 Å². The van der Waals surface area contributed by atoms with Gasteiger partial charge in [0.2, 0.25) is 0 Å². The van der Waals surface area contributed by atoms with Crippen molar-refractivity contribution in [3.63, 3.8) is 0 Å². The lowest BCUT2D eigenvalue weighted by Gasteiger charge is -2.27. The van der Waals surface area contributed by atoms with Crippen LogP contribution >= 0.6 is 22.7 Å². The van der Waals surface area contributed by atoms with Crippen LogP contribution in [0.3, 0.4) is 0 Å². The predicted octanol–water partition coefficient (Wildman–Crippen LogP) is 1.69. The largest absolute Gasteiger partial charge is 0.333 e. The number of nitrogens with zero attached hydrogens (tertiary/aromatic N) is 3. The number of nitrogens with one attached hydrogen (secondary N) is 2. The van der Waals surface area contributed by atoms with Crippen molar-refractivity contribution in [3.8, 4) is 0 Å². The fourth-order valence-electron chi connectivity index (χ4n) is 2.38. The first-order valence-electron chi connectivity index (χ1n) is 7.59. The number of rotatable bonds is 5. The summed E-state index contributed by atoms with van der Waals surface area (Å²) in [6.07, 6.45) is 0.539. The number of anilines is 1. The van der Waals surface area contributed by atoms with Crippen molar-refractivity contribution in [2.75, 3.05) is 26.0 Å². The molecule has 0 atom stereocenters. The maximum Gasteiger partial charge on any atom is 0.321 e. The summed E-state index contributed by atoms with van der Waals surface area (Å²) in [7, 11) is -0.411. The molecule has 0 aromatic carbocycles. The molecule has 0 aliphatic carbocycles. The highest BCUT2D eigenvalue weighted by Crippen LogP contribution is 2.29. The van der Waals surface area contributed by atoms with Gasteiger partial charge in [-0.2, -0.15) is 17.0 Å². The van der Waals surface area contributed by atoms with E-state index in [1.807, 2.05) is 17.5 Å². The van der Waals surface area contributed by atoms with Crippen LogP contribution in [-0.4, -0.2) is 48.7 Å². The van der Waals surface area contributed by atoms with Crippen LogP contribution in [0.25, 0.3) is 0 Å². The maximum atomic E-state index is 12.2. The van der Waals surface area contributed by atoms with Crippen molar-refractivity contribution in [1.29, 1.82) is 0 Å². The van der Waals surface area contributed by atoms with Gasteiger partial charge in [-0.15, -0.1) is 11.3 Å². The van der Waals surface area contributed by atoms with E-state index in [0.29, 0.717) is 24.6 Å². The molecule has 25 heavy (non-hydrogen) atoms. The number of hydrogen-bond acceptors (Lipinski definition) is 6. The van der Waals surface area contributed by atoms with Crippen molar-refractivity contribution in [3.05, 3.63) is 33.0 Å². The van der Waals surface area contributed by atoms with Crippen molar-refractivity contribution in [2.45, 2.75) is 19.5 Å². The van der Waals surface area contributed by atoms with Crippen LogP contribution in [0.4, 0.5) is 9.93 Å². The smallest absolute Gasteiger partial charge is 0.321 e. The van der Waals surface area contributed by atoms with E-state index in [2.05, 4.69) is 15.6 Å². The molecule has 0 saturated heterocycles. The minimum atomic E-state index is -3.44. The lowest BCUT2D eigenvalue weighted by molar-refractivity contribution is 0.252. The molecule has 0 radical (unpaired) electrons. The molecular weight excluding hydrogens is 382 g/mol. The van der Waals surface area contributed by atoms with Gasteiger partial charge in [0.05, 0.1) is 18.8 Å². The molecule has 11 heteroatoms. The summed E-state index contributed by atoms with van der Waals surface area (Å²) in [6.45, 7) is 1.14. The van der Waals surface area contributed by atoms with E-state index in [9.17, 15) is 13.2 Å². The van der Waals surface area contributed by atoms with E-state index < -0.39 is 10.2 Å². The van der Waals surface area contributed by atoms with Gasteiger partial charge in [0.15, 0.2) is 5.13 Å². The number of aromatic nitrogens is 1. The van der Waals surface area contributed by atoms with Gasteiger partial charge in [0, 0.05) is 36.8 Å². The zero-order valence-electron chi connectivity index (χ0n) is 13.9. The molecule has 2 N–H and O–H groups in total. The molecule has 0 fully saturated rings. The van der Waals surface area contributed by atoms with Crippen LogP contribution in [-0.2, 0) is 29.7 Å². The summed E-state index contributed by atoms with van der Waals surface area (Å²) in [5.41, 5.74) is 0.851. The van der Waals surface area contributed by atoms with E-state index in [4.69, 9.17) is 0 Å². The van der Waals surface area contributed by atoms with E-state index in [1.165, 1.54) is 34.0 Å². The molecule has 0 unspecified atom stereocenters. The van der Waals surface area contributed by atoms with Gasteiger partial charge in [-0.25, -0.2) is 9.78 Å². The molecule has 2 aromatic heterocycles. The summed E-state index contributed by atoms with van der Waals surface area (Å²) in [5, 5.41) is 7.94. The van der Waals surface area contributed by atoms with Gasteiger partial charge < -0.3 is 5.32 Å². The average molecular weight is 402 g/mol. The third kappa shape index (κ3) is 4.18. The van der Waals surface area contributed by atoms with Crippen LogP contribution in [0.2, 0.25) is 0 Å². The minimum Gasteiger partial charge on any atom is -0.333 e. The first kappa shape index (κ1) is 18.3. The molecule has 3 rings (SSSR count). The third-order valence-electron chi connectivity index (χ3n) is 3.71. The molecule has 0 spiro atoms. The number of fused-ring (bicyclic) bond motifs is 1. The second-order valence-electron chi connectivity index (χ2n) is 5.65. The Morgan fingerprint density at radius 3 is 2.92 bits per heavy atom. The van der Waals surface area contributed by atoms with Crippen molar-refractivity contribution < 1.29 is 13.2 Å². The molecule has 0 saturated carbocycles. The van der Waals surface area contributed by atoms with Gasteiger partial charge in [-0.3, -0.25) is 5.32 Å². The monoisotopic (exact) mass is 401 g/mol. The summed E-state index contributed by atoms with van der Waals surface area (Å²) >= 11 is 2.89. The highest BCUT2D eigenvalue weighted by molar-refractivity contribution is 7.86. The summed E-state index contributed by atoms with van der Waals surface area (Å²) in [5.74, 6) is 0. The highest BCUT2D eigenvalue weighted by Gasteiger charge is 2.30. The van der Waals surface area contributed by atoms with Gasteiger partial charge in [-0.1, -0.05) is 17.4 Å². The zero-order chi connectivity index (χ0) is 18.0. The maximum absolute atomic E-state index is 12.2. The van der Waals surface area contributed by atoms with E-state index >= 15 is 0 Å². The molecule has 1 aliphatic rings. The van der Waals surface area contributed by atoms with Gasteiger partial charge in [-0.05, 0) is 11.4 Å². The Morgan fingerprint density at radius 1 is 1.44 bits per heavy atom. The molecule has 8 nitrogen and oxygen atoms in total. The normalized spacial score (nSPS) is 15.2. The average Bonchev–Trinajstić information content (AvgIpc) is 3.20. The topological polar surface area (TPSA) is 94.6 Å². The van der Waals surface area contributed by atoms with E-state index in [0.717, 1.165) is 15.4 Å². The van der Waals surface area contributed by atoms with E-state index in [-0.39, 0.29) is 12.6 Å². The Balaban J connectivity index is 1.61. The third-order valence-corrected chi connectivity index (χ3v) is 7.47. The lowest BCUT2D eigenvalue weighted by atomic mass is 10.2. The SMILES string of the molecule is CN(C)S(=O)(=O)N1CCc2nc(NC(=O)NCc3cccs3)sc2C1. The van der Waals surface area contributed by atoms with Crippen LogP contribution in [0, 0.1) is 0 Å². The number of thiazole rings is 1. The standard InChI is InChI=1S/C14H19N5O3S3/c1-18(2)25(21,22)19-6-5-11-12(9-19)24-14(16-11)17-13(20)15-8-10-4-3-7-23-10/h3-4,7H,5-6,8-9H2,1-2H3,(H2,15,16,17,20). The summed E-state index contributed by atoms with van der Waals surface area (Å²) in [6, 6.07) is 3.56. The molecule has 2 amide bonds. The molecule has 1 aliphatic heterocycles. The number of amides is 2. The predicted molar refractivity (Wildman–Crippen MR) is 99.0 cm³/mol. The summed E-state index contributed by atoms with van der Waals surface area (Å²) in [4.78, 5) is 18.3. The molecule has 2 aromatic rings. The zero-order valence-corrected chi connectivity index (χ0v) is 16.3. The van der Waals surface area contributed by atoms with Crippen LogP contribution in [0.5, 0.6) is 0 Å². The number of urea groups is 1. The molecule has 0 bridgehead atoms. The van der Waals surface area contributed by atoms with Crippen molar-refractivity contribution in [1.82, 2.24) is 18.9 Å². The number of thiophene rings is 1. The molecule has 136 valence electrons. The second-order valence-corrected chi connectivity index (χ2v) is 9.91. The fraction of sp³-hybridized carbons (Fsp3) is 0.429. The number of carbonyl (C=O) groups excluding carboxylic acids is 1. The second kappa shape index (κ2) is 7.38. The Labute approximate surface area is 154 Å². The number of carbonyl (C=O) groups is 1. The first-order valence-corrected chi connectivity index (χ1v) is 10.7.